The van der Waals surface area contributed by atoms with E-state index in [1.54, 1.807) is 32.9 Å². The standard InChI is InChI=1S/C20H27N3O5/c1-20(2,3)28-19(25)21-15-5-4-10-22(12-15)16-9-8-14(11-17(16)23(26)27)18(24)13-6-7-13/h8-9,11,13,15H,4-7,10,12H2,1-3H3,(H,21,25). The van der Waals surface area contributed by atoms with Gasteiger partial charge < -0.3 is 15.0 Å². The van der Waals surface area contributed by atoms with Crippen LogP contribution in [-0.4, -0.2) is 41.5 Å². The average molecular weight is 389 g/mol. The van der Waals surface area contributed by atoms with Crippen LogP contribution in [0.3, 0.4) is 0 Å². The molecule has 1 amide bonds. The molecule has 1 aromatic carbocycles. The van der Waals surface area contributed by atoms with Crippen LogP contribution >= 0.6 is 0 Å². The highest BCUT2D eigenvalue weighted by Gasteiger charge is 2.33. The summed E-state index contributed by atoms with van der Waals surface area (Å²) in [6, 6.07) is 4.56. The third-order valence-corrected chi connectivity index (χ3v) is 4.89. The first-order valence-electron chi connectivity index (χ1n) is 9.71. The SMILES string of the molecule is CC(C)(C)OC(=O)NC1CCCN(c2ccc(C(=O)C3CC3)cc2[N+](=O)[O-])C1. The number of nitro groups is 1. The van der Waals surface area contributed by atoms with E-state index in [-0.39, 0.29) is 23.4 Å². The van der Waals surface area contributed by atoms with Crippen molar-refractivity contribution in [3.05, 3.63) is 33.9 Å². The van der Waals surface area contributed by atoms with Crippen molar-refractivity contribution in [1.29, 1.82) is 0 Å². The van der Waals surface area contributed by atoms with E-state index in [1.807, 2.05) is 4.90 Å². The highest BCUT2D eigenvalue weighted by molar-refractivity contribution is 6.00. The summed E-state index contributed by atoms with van der Waals surface area (Å²) in [4.78, 5) is 37.4. The third kappa shape index (κ3) is 4.99. The number of nitrogens with zero attached hydrogens (tertiary/aromatic N) is 2. The number of Topliss-reactive ketones (excluding diaryl/α,β-unsaturated/α-hetero) is 1. The van der Waals surface area contributed by atoms with Crippen LogP contribution in [0, 0.1) is 16.0 Å². The van der Waals surface area contributed by atoms with Crippen LogP contribution in [0.4, 0.5) is 16.2 Å². The number of anilines is 1. The first kappa shape index (κ1) is 20.1. The van der Waals surface area contributed by atoms with E-state index in [0.29, 0.717) is 24.3 Å². The van der Waals surface area contributed by atoms with Gasteiger partial charge in [-0.1, -0.05) is 0 Å². The molecule has 1 aromatic rings. The molecule has 1 N–H and O–H groups in total. The van der Waals surface area contributed by atoms with Gasteiger partial charge in [0.2, 0.25) is 0 Å². The maximum atomic E-state index is 12.3. The molecule has 0 spiro atoms. The third-order valence-electron chi connectivity index (χ3n) is 4.89. The molecule has 3 rings (SSSR count). The fraction of sp³-hybridized carbons (Fsp3) is 0.600. The highest BCUT2D eigenvalue weighted by atomic mass is 16.6. The molecule has 1 unspecified atom stereocenters. The van der Waals surface area contributed by atoms with Crippen molar-refractivity contribution in [1.82, 2.24) is 5.32 Å². The van der Waals surface area contributed by atoms with Crippen molar-refractivity contribution >= 4 is 23.3 Å². The van der Waals surface area contributed by atoms with Gasteiger partial charge in [-0.05, 0) is 58.6 Å². The number of ketones is 1. The Balaban J connectivity index is 1.73. The van der Waals surface area contributed by atoms with Crippen molar-refractivity contribution in [3.63, 3.8) is 0 Å². The molecule has 1 heterocycles. The molecule has 2 aliphatic rings. The number of ether oxygens (including phenoxy) is 1. The number of nitro benzene ring substituents is 1. The predicted molar refractivity (Wildman–Crippen MR) is 105 cm³/mol. The summed E-state index contributed by atoms with van der Waals surface area (Å²) in [6.07, 6.45) is 2.80. The summed E-state index contributed by atoms with van der Waals surface area (Å²) >= 11 is 0. The second-order valence-corrected chi connectivity index (χ2v) is 8.53. The normalized spacial score (nSPS) is 19.8. The van der Waals surface area contributed by atoms with Crippen LogP contribution in [0.1, 0.15) is 56.8 Å². The number of hydrogen-bond acceptors (Lipinski definition) is 6. The zero-order chi connectivity index (χ0) is 20.5. The van der Waals surface area contributed by atoms with Crippen LogP contribution in [0.15, 0.2) is 18.2 Å². The number of nitrogens with one attached hydrogen (secondary N) is 1. The van der Waals surface area contributed by atoms with Gasteiger partial charge in [-0.2, -0.15) is 0 Å². The van der Waals surface area contributed by atoms with E-state index < -0.39 is 16.6 Å². The van der Waals surface area contributed by atoms with E-state index in [4.69, 9.17) is 4.74 Å². The number of carbonyl (C=O) groups excluding carboxylic acids is 2. The Kier molecular flexibility index (Phi) is 5.58. The zero-order valence-corrected chi connectivity index (χ0v) is 16.6. The van der Waals surface area contributed by atoms with Gasteiger partial charge >= 0.3 is 6.09 Å². The summed E-state index contributed by atoms with van der Waals surface area (Å²) in [7, 11) is 0. The summed E-state index contributed by atoms with van der Waals surface area (Å²) in [5.41, 5.74) is 0.233. The van der Waals surface area contributed by atoms with Gasteiger partial charge in [0.05, 0.1) is 4.92 Å². The molecule has 8 nitrogen and oxygen atoms in total. The summed E-state index contributed by atoms with van der Waals surface area (Å²) in [6.45, 7) is 6.51. The minimum Gasteiger partial charge on any atom is -0.444 e. The second-order valence-electron chi connectivity index (χ2n) is 8.53. The van der Waals surface area contributed by atoms with Crippen LogP contribution < -0.4 is 10.2 Å². The molecular weight excluding hydrogens is 362 g/mol. The minimum atomic E-state index is -0.582. The molecule has 0 aromatic heterocycles. The fourth-order valence-electron chi connectivity index (χ4n) is 3.46. The summed E-state index contributed by atoms with van der Waals surface area (Å²) < 4.78 is 5.30. The molecule has 0 radical (unpaired) electrons. The Bertz CT molecular complexity index is 783. The van der Waals surface area contributed by atoms with E-state index in [1.165, 1.54) is 6.07 Å². The lowest BCUT2D eigenvalue weighted by molar-refractivity contribution is -0.384. The molecule has 1 atom stereocenters. The lowest BCUT2D eigenvalue weighted by Crippen LogP contribution is -2.49. The maximum absolute atomic E-state index is 12.3. The van der Waals surface area contributed by atoms with E-state index >= 15 is 0 Å². The van der Waals surface area contributed by atoms with Gasteiger partial charge in [0.1, 0.15) is 11.3 Å². The minimum absolute atomic E-state index is 0.0160. The van der Waals surface area contributed by atoms with Gasteiger partial charge in [-0.3, -0.25) is 14.9 Å². The maximum Gasteiger partial charge on any atom is 0.407 e. The van der Waals surface area contributed by atoms with Gasteiger partial charge in [-0.15, -0.1) is 0 Å². The van der Waals surface area contributed by atoms with Crippen molar-refractivity contribution in [2.75, 3.05) is 18.0 Å². The number of hydrogen-bond donors (Lipinski definition) is 1. The monoisotopic (exact) mass is 389 g/mol. The molecule has 1 saturated carbocycles. The number of benzene rings is 1. The van der Waals surface area contributed by atoms with Gasteiger partial charge in [0.15, 0.2) is 5.78 Å². The van der Waals surface area contributed by atoms with Crippen LogP contribution in [0.2, 0.25) is 0 Å². The van der Waals surface area contributed by atoms with Crippen LogP contribution in [0.5, 0.6) is 0 Å². The Hall–Kier alpha value is -2.64. The van der Waals surface area contributed by atoms with E-state index in [0.717, 1.165) is 25.7 Å². The topological polar surface area (TPSA) is 102 Å². The Morgan fingerprint density at radius 2 is 1.96 bits per heavy atom. The lowest BCUT2D eigenvalue weighted by atomic mass is 10.0. The zero-order valence-electron chi connectivity index (χ0n) is 16.6. The smallest absolute Gasteiger partial charge is 0.407 e. The highest BCUT2D eigenvalue weighted by Crippen LogP contribution is 2.36. The second kappa shape index (κ2) is 7.77. The Morgan fingerprint density at radius 3 is 2.57 bits per heavy atom. The van der Waals surface area contributed by atoms with Crippen molar-refractivity contribution in [3.8, 4) is 0 Å². The molecule has 1 saturated heterocycles. The number of rotatable bonds is 5. The van der Waals surface area contributed by atoms with Crippen molar-refractivity contribution < 1.29 is 19.2 Å². The number of piperidine rings is 1. The number of carbonyl (C=O) groups is 2. The summed E-state index contributed by atoms with van der Waals surface area (Å²) in [5.74, 6) is 0.000568. The number of alkyl carbamates (subject to hydrolysis) is 1. The molecule has 152 valence electrons. The molecular formula is C20H27N3O5. The largest absolute Gasteiger partial charge is 0.444 e. The fourth-order valence-corrected chi connectivity index (χ4v) is 3.46. The molecule has 1 aliphatic carbocycles. The average Bonchev–Trinajstić information content (AvgIpc) is 3.44. The van der Waals surface area contributed by atoms with Crippen LogP contribution in [-0.2, 0) is 4.74 Å². The Morgan fingerprint density at radius 1 is 1.25 bits per heavy atom. The summed E-state index contributed by atoms with van der Waals surface area (Å²) in [5, 5.41) is 14.5. The Labute approximate surface area is 164 Å². The molecule has 28 heavy (non-hydrogen) atoms. The quantitative estimate of drug-likeness (QED) is 0.468. The van der Waals surface area contributed by atoms with Gasteiger partial charge in [0, 0.05) is 36.7 Å². The van der Waals surface area contributed by atoms with Crippen molar-refractivity contribution in [2.45, 2.75) is 58.1 Å². The molecule has 0 bridgehead atoms. The van der Waals surface area contributed by atoms with Crippen LogP contribution in [0.25, 0.3) is 0 Å². The molecule has 8 heteroatoms. The first-order chi connectivity index (χ1) is 13.1. The van der Waals surface area contributed by atoms with E-state index in [9.17, 15) is 19.7 Å². The molecule has 2 fully saturated rings. The predicted octanol–water partition coefficient (Wildman–Crippen LogP) is 3.68. The molecule has 1 aliphatic heterocycles. The first-order valence-corrected chi connectivity index (χ1v) is 9.71. The van der Waals surface area contributed by atoms with E-state index in [2.05, 4.69) is 5.32 Å². The lowest BCUT2D eigenvalue weighted by Gasteiger charge is -2.34. The van der Waals surface area contributed by atoms with Gasteiger partial charge in [-0.25, -0.2) is 4.79 Å². The number of amides is 1. The van der Waals surface area contributed by atoms with Gasteiger partial charge in [0.25, 0.3) is 5.69 Å². The van der Waals surface area contributed by atoms with Crippen molar-refractivity contribution in [2.24, 2.45) is 5.92 Å².